The molecule has 0 saturated carbocycles. The summed E-state index contributed by atoms with van der Waals surface area (Å²) in [6.07, 6.45) is 0.985. The number of aryl methyl sites for hydroxylation is 1. The molecule has 0 amide bonds. The standard InChI is InChI=1S/C13H21NO/c1-10-5-6-11(9-12(10)15-4)13(2,3)7-8-14/h5-6,9H,7-8,14H2,1-4H3. The summed E-state index contributed by atoms with van der Waals surface area (Å²) in [5, 5.41) is 0. The molecule has 0 aliphatic rings. The number of rotatable bonds is 4. The Hall–Kier alpha value is -1.02. The van der Waals surface area contributed by atoms with Crippen LogP contribution in [0.15, 0.2) is 18.2 Å². The third-order valence-electron chi connectivity index (χ3n) is 2.96. The van der Waals surface area contributed by atoms with E-state index in [0.717, 1.165) is 12.2 Å². The molecule has 0 unspecified atom stereocenters. The Morgan fingerprint density at radius 2 is 2.00 bits per heavy atom. The predicted octanol–water partition coefficient (Wildman–Crippen LogP) is 2.63. The van der Waals surface area contributed by atoms with Crippen LogP contribution in [-0.4, -0.2) is 13.7 Å². The van der Waals surface area contributed by atoms with Gasteiger partial charge in [-0.15, -0.1) is 0 Å². The van der Waals surface area contributed by atoms with Crippen molar-refractivity contribution >= 4 is 0 Å². The maximum Gasteiger partial charge on any atom is 0.122 e. The van der Waals surface area contributed by atoms with Crippen molar-refractivity contribution in [1.29, 1.82) is 0 Å². The third kappa shape index (κ3) is 2.72. The number of nitrogens with two attached hydrogens (primary N) is 1. The SMILES string of the molecule is COc1cc(C(C)(C)CCN)ccc1C. The van der Waals surface area contributed by atoms with Crippen LogP contribution in [-0.2, 0) is 5.41 Å². The lowest BCUT2D eigenvalue weighted by Crippen LogP contribution is -2.21. The van der Waals surface area contributed by atoms with Gasteiger partial charge in [0.05, 0.1) is 7.11 Å². The molecule has 0 heterocycles. The predicted molar refractivity (Wildman–Crippen MR) is 64.4 cm³/mol. The lowest BCUT2D eigenvalue weighted by molar-refractivity contribution is 0.407. The molecule has 0 radical (unpaired) electrons. The Morgan fingerprint density at radius 1 is 1.33 bits per heavy atom. The molecular weight excluding hydrogens is 186 g/mol. The van der Waals surface area contributed by atoms with Crippen molar-refractivity contribution in [2.45, 2.75) is 32.6 Å². The molecule has 0 aliphatic heterocycles. The minimum atomic E-state index is 0.121. The Kier molecular flexibility index (Phi) is 3.75. The number of methoxy groups -OCH3 is 1. The van der Waals surface area contributed by atoms with Gasteiger partial charge in [0.25, 0.3) is 0 Å². The molecule has 84 valence electrons. The molecule has 0 aromatic heterocycles. The molecule has 2 nitrogen and oxygen atoms in total. The van der Waals surface area contributed by atoms with Crippen molar-refractivity contribution in [3.05, 3.63) is 29.3 Å². The zero-order valence-electron chi connectivity index (χ0n) is 10.1. The summed E-state index contributed by atoms with van der Waals surface area (Å²) in [6.45, 7) is 7.19. The molecule has 0 saturated heterocycles. The molecule has 15 heavy (non-hydrogen) atoms. The van der Waals surface area contributed by atoms with Gasteiger partial charge in [-0.25, -0.2) is 0 Å². The van der Waals surface area contributed by atoms with E-state index >= 15 is 0 Å². The first kappa shape index (κ1) is 12.1. The van der Waals surface area contributed by atoms with Crippen molar-refractivity contribution in [2.24, 2.45) is 5.73 Å². The minimum Gasteiger partial charge on any atom is -0.496 e. The lowest BCUT2D eigenvalue weighted by atomic mass is 9.81. The van der Waals surface area contributed by atoms with Crippen LogP contribution in [0.4, 0.5) is 0 Å². The summed E-state index contributed by atoms with van der Waals surface area (Å²) in [6, 6.07) is 6.38. The van der Waals surface area contributed by atoms with Gasteiger partial charge in [0.1, 0.15) is 5.75 Å². The van der Waals surface area contributed by atoms with Crippen LogP contribution in [0.25, 0.3) is 0 Å². The van der Waals surface area contributed by atoms with Crippen LogP contribution >= 0.6 is 0 Å². The second-order valence-corrected chi connectivity index (χ2v) is 4.61. The molecule has 1 aromatic rings. The number of hydrogen-bond acceptors (Lipinski definition) is 2. The van der Waals surface area contributed by atoms with E-state index in [0.29, 0.717) is 6.54 Å². The van der Waals surface area contributed by atoms with Crippen LogP contribution in [0, 0.1) is 6.92 Å². The third-order valence-corrected chi connectivity index (χ3v) is 2.96. The topological polar surface area (TPSA) is 35.2 Å². The molecule has 1 aromatic carbocycles. The second-order valence-electron chi connectivity index (χ2n) is 4.61. The fraction of sp³-hybridized carbons (Fsp3) is 0.538. The fourth-order valence-electron chi connectivity index (χ4n) is 1.75. The van der Waals surface area contributed by atoms with Gasteiger partial charge in [-0.1, -0.05) is 26.0 Å². The molecule has 2 heteroatoms. The quantitative estimate of drug-likeness (QED) is 0.823. The molecule has 0 spiro atoms. The highest BCUT2D eigenvalue weighted by Gasteiger charge is 2.20. The van der Waals surface area contributed by atoms with E-state index in [4.69, 9.17) is 10.5 Å². The number of hydrogen-bond donors (Lipinski definition) is 1. The summed E-state index contributed by atoms with van der Waals surface area (Å²) in [4.78, 5) is 0. The molecule has 1 rings (SSSR count). The van der Waals surface area contributed by atoms with Crippen LogP contribution in [0.2, 0.25) is 0 Å². The van der Waals surface area contributed by atoms with Crippen LogP contribution in [0.1, 0.15) is 31.4 Å². The van der Waals surface area contributed by atoms with Crippen LogP contribution in [0.5, 0.6) is 5.75 Å². The van der Waals surface area contributed by atoms with Crippen LogP contribution in [0.3, 0.4) is 0 Å². The summed E-state index contributed by atoms with van der Waals surface area (Å²) in [7, 11) is 1.71. The highest BCUT2D eigenvalue weighted by molar-refractivity contribution is 5.39. The van der Waals surface area contributed by atoms with Gasteiger partial charge in [-0.05, 0) is 42.5 Å². The average molecular weight is 207 g/mol. The number of ether oxygens (including phenoxy) is 1. The Labute approximate surface area is 92.4 Å². The first-order valence-corrected chi connectivity index (χ1v) is 5.36. The van der Waals surface area contributed by atoms with Gasteiger partial charge < -0.3 is 10.5 Å². The van der Waals surface area contributed by atoms with Crippen molar-refractivity contribution in [1.82, 2.24) is 0 Å². The van der Waals surface area contributed by atoms with Gasteiger partial charge in [-0.3, -0.25) is 0 Å². The molecule has 0 fully saturated rings. The Morgan fingerprint density at radius 3 is 2.53 bits per heavy atom. The van der Waals surface area contributed by atoms with E-state index in [1.165, 1.54) is 11.1 Å². The van der Waals surface area contributed by atoms with E-state index < -0.39 is 0 Å². The lowest BCUT2D eigenvalue weighted by Gasteiger charge is -2.25. The summed E-state index contributed by atoms with van der Waals surface area (Å²) in [5.41, 5.74) is 8.20. The highest BCUT2D eigenvalue weighted by Crippen LogP contribution is 2.30. The zero-order valence-corrected chi connectivity index (χ0v) is 10.1. The van der Waals surface area contributed by atoms with Crippen molar-refractivity contribution in [3.8, 4) is 5.75 Å². The molecular formula is C13H21NO. The summed E-state index contributed by atoms with van der Waals surface area (Å²) >= 11 is 0. The molecule has 0 aliphatic carbocycles. The highest BCUT2D eigenvalue weighted by atomic mass is 16.5. The maximum absolute atomic E-state index is 5.62. The Bertz CT molecular complexity index is 331. The summed E-state index contributed by atoms with van der Waals surface area (Å²) < 4.78 is 5.33. The first-order chi connectivity index (χ1) is 7.01. The van der Waals surface area contributed by atoms with Gasteiger partial charge in [0.15, 0.2) is 0 Å². The Balaban J connectivity index is 3.04. The normalized spacial score (nSPS) is 11.5. The monoisotopic (exact) mass is 207 g/mol. The fourth-order valence-corrected chi connectivity index (χ4v) is 1.75. The molecule has 0 bridgehead atoms. The average Bonchev–Trinajstić information content (AvgIpc) is 2.18. The van der Waals surface area contributed by atoms with Crippen molar-refractivity contribution in [2.75, 3.05) is 13.7 Å². The second kappa shape index (κ2) is 4.67. The number of benzene rings is 1. The maximum atomic E-state index is 5.62. The minimum absolute atomic E-state index is 0.121. The van der Waals surface area contributed by atoms with Gasteiger partial charge >= 0.3 is 0 Å². The summed E-state index contributed by atoms with van der Waals surface area (Å²) in [5.74, 6) is 0.956. The van der Waals surface area contributed by atoms with E-state index in [2.05, 4.69) is 39.0 Å². The van der Waals surface area contributed by atoms with E-state index in [1.54, 1.807) is 7.11 Å². The van der Waals surface area contributed by atoms with Gasteiger partial charge in [-0.2, -0.15) is 0 Å². The van der Waals surface area contributed by atoms with Crippen molar-refractivity contribution < 1.29 is 4.74 Å². The molecule has 2 N–H and O–H groups in total. The smallest absolute Gasteiger partial charge is 0.122 e. The van der Waals surface area contributed by atoms with Crippen molar-refractivity contribution in [3.63, 3.8) is 0 Å². The first-order valence-electron chi connectivity index (χ1n) is 5.36. The zero-order chi connectivity index (χ0) is 11.5. The molecule has 0 atom stereocenters. The van der Waals surface area contributed by atoms with Crippen LogP contribution < -0.4 is 10.5 Å². The largest absolute Gasteiger partial charge is 0.496 e. The van der Waals surface area contributed by atoms with E-state index in [9.17, 15) is 0 Å². The van der Waals surface area contributed by atoms with E-state index in [-0.39, 0.29) is 5.41 Å². The van der Waals surface area contributed by atoms with Gasteiger partial charge in [0.2, 0.25) is 0 Å². The van der Waals surface area contributed by atoms with E-state index in [1.807, 2.05) is 0 Å². The van der Waals surface area contributed by atoms with Gasteiger partial charge in [0, 0.05) is 0 Å².